The van der Waals surface area contributed by atoms with Crippen molar-refractivity contribution in [3.63, 3.8) is 0 Å². The number of rotatable bonds is 6. The molecule has 2 atom stereocenters. The van der Waals surface area contributed by atoms with E-state index < -0.39 is 0 Å². The minimum atomic E-state index is -0.356. The Bertz CT molecular complexity index is 1520. The average molecular weight is 522 g/mol. The first kappa shape index (κ1) is 26.5. The van der Waals surface area contributed by atoms with Crippen LogP contribution in [0.15, 0.2) is 59.4 Å². The number of nitrogens with one attached hydrogen (secondary N) is 1. The van der Waals surface area contributed by atoms with Crippen LogP contribution in [0, 0.1) is 5.92 Å². The number of benzene rings is 2. The quantitative estimate of drug-likeness (QED) is 0.357. The molecule has 0 aliphatic heterocycles. The lowest BCUT2D eigenvalue weighted by atomic mass is 9.87. The van der Waals surface area contributed by atoms with E-state index in [9.17, 15) is 14.4 Å². The van der Waals surface area contributed by atoms with Crippen LogP contribution in [-0.2, 0) is 13.6 Å². The molecule has 0 radical (unpaired) electrons. The average Bonchev–Trinajstić information content (AvgIpc) is 3.19. The summed E-state index contributed by atoms with van der Waals surface area (Å²) in [5.41, 5.74) is 1.76. The van der Waals surface area contributed by atoms with Crippen molar-refractivity contribution < 1.29 is 14.3 Å². The van der Waals surface area contributed by atoms with Gasteiger partial charge in [0.15, 0.2) is 17.2 Å². The molecule has 1 fully saturated rings. The first-order chi connectivity index (χ1) is 17.4. The van der Waals surface area contributed by atoms with Gasteiger partial charge in [-0.3, -0.25) is 19.0 Å². The van der Waals surface area contributed by atoms with Crippen molar-refractivity contribution in [1.82, 2.24) is 14.5 Å². The van der Waals surface area contributed by atoms with Crippen LogP contribution in [0.1, 0.15) is 53.5 Å². The Morgan fingerprint density at radius 1 is 1.05 bits per heavy atom. The van der Waals surface area contributed by atoms with Gasteiger partial charge in [0.1, 0.15) is 5.39 Å². The van der Waals surface area contributed by atoms with E-state index in [4.69, 9.17) is 4.74 Å². The summed E-state index contributed by atoms with van der Waals surface area (Å²) in [6, 6.07) is 16.5. The first-order valence-electron chi connectivity index (χ1n) is 12.5. The molecule has 37 heavy (non-hydrogen) atoms. The number of aryl methyl sites for hydroxylation is 1. The van der Waals surface area contributed by atoms with E-state index in [1.165, 1.54) is 18.1 Å². The third kappa shape index (κ3) is 4.76. The largest absolute Gasteiger partial charge is 0.493 e. The van der Waals surface area contributed by atoms with Gasteiger partial charge in [-0.15, -0.1) is 12.4 Å². The number of pyridine rings is 1. The summed E-state index contributed by atoms with van der Waals surface area (Å²) in [5, 5.41) is 4.26. The highest BCUT2D eigenvalue weighted by Gasteiger charge is 2.29. The Hall–Kier alpha value is -3.58. The number of fused-ring (bicyclic) bond motifs is 3. The molecule has 5 rings (SSSR count). The lowest BCUT2D eigenvalue weighted by molar-refractivity contribution is 0.0909. The van der Waals surface area contributed by atoms with Crippen LogP contribution in [0.4, 0.5) is 0 Å². The number of nitrogens with zero attached hydrogens (tertiary/aromatic N) is 2. The van der Waals surface area contributed by atoms with Gasteiger partial charge in [0.2, 0.25) is 0 Å². The van der Waals surface area contributed by atoms with Crippen molar-refractivity contribution in [2.75, 3.05) is 7.11 Å². The van der Waals surface area contributed by atoms with Gasteiger partial charge >= 0.3 is 0 Å². The Balaban J connectivity index is 0.00000320. The molecule has 2 heterocycles. The first-order valence-corrected chi connectivity index (χ1v) is 12.5. The van der Waals surface area contributed by atoms with Gasteiger partial charge in [-0.25, -0.2) is 0 Å². The SMILES string of the molecule is COc1c(C(=O)NC2CCCC(C)C2)n(C)c2c1c(=O)n(CC(=O)c1ccccc1)c1ccccc21.Cl. The number of amides is 1. The van der Waals surface area contributed by atoms with E-state index in [-0.39, 0.29) is 48.0 Å². The van der Waals surface area contributed by atoms with Crippen molar-refractivity contribution in [2.45, 2.75) is 45.2 Å². The number of carbonyl (C=O) groups excluding carboxylic acids is 2. The normalized spacial score (nSPS) is 17.4. The summed E-state index contributed by atoms with van der Waals surface area (Å²) < 4.78 is 8.94. The minimum absolute atomic E-state index is 0. The van der Waals surface area contributed by atoms with Crippen molar-refractivity contribution in [3.8, 4) is 5.75 Å². The topological polar surface area (TPSA) is 82.3 Å². The monoisotopic (exact) mass is 521 g/mol. The van der Waals surface area contributed by atoms with Crippen molar-refractivity contribution >= 4 is 45.9 Å². The second-order valence-electron chi connectivity index (χ2n) is 9.80. The van der Waals surface area contributed by atoms with E-state index in [0.29, 0.717) is 33.6 Å². The number of hydrogen-bond donors (Lipinski definition) is 1. The van der Waals surface area contributed by atoms with Gasteiger partial charge in [-0.05, 0) is 24.8 Å². The summed E-state index contributed by atoms with van der Waals surface area (Å²) in [6.45, 7) is 2.10. The molecule has 8 heteroatoms. The van der Waals surface area contributed by atoms with E-state index in [1.54, 1.807) is 35.9 Å². The third-order valence-electron chi connectivity index (χ3n) is 7.35. The summed E-state index contributed by atoms with van der Waals surface area (Å²) in [5.74, 6) is 0.392. The van der Waals surface area contributed by atoms with Crippen molar-refractivity contribution in [3.05, 3.63) is 76.2 Å². The molecule has 1 aliphatic rings. The molecular weight excluding hydrogens is 490 g/mol. The van der Waals surface area contributed by atoms with Gasteiger partial charge in [-0.2, -0.15) is 0 Å². The second kappa shape index (κ2) is 10.8. The van der Waals surface area contributed by atoms with E-state index in [2.05, 4.69) is 12.2 Å². The van der Waals surface area contributed by atoms with Crippen molar-refractivity contribution in [2.24, 2.45) is 13.0 Å². The maximum atomic E-state index is 13.9. The fraction of sp³-hybridized carbons (Fsp3) is 0.345. The van der Waals surface area contributed by atoms with Crippen LogP contribution < -0.4 is 15.6 Å². The van der Waals surface area contributed by atoms with E-state index >= 15 is 0 Å². The predicted molar refractivity (Wildman–Crippen MR) is 148 cm³/mol. The lowest BCUT2D eigenvalue weighted by Gasteiger charge is -2.27. The van der Waals surface area contributed by atoms with Crippen molar-refractivity contribution in [1.29, 1.82) is 0 Å². The molecular formula is C29H32ClN3O4. The number of carbonyl (C=O) groups is 2. The zero-order chi connectivity index (χ0) is 25.4. The smallest absolute Gasteiger partial charge is 0.272 e. The molecule has 7 nitrogen and oxygen atoms in total. The highest BCUT2D eigenvalue weighted by Crippen LogP contribution is 2.35. The number of methoxy groups -OCH3 is 1. The molecule has 2 aromatic carbocycles. The van der Waals surface area contributed by atoms with Crippen LogP contribution >= 0.6 is 12.4 Å². The predicted octanol–water partition coefficient (Wildman–Crippen LogP) is 5.12. The van der Waals surface area contributed by atoms with Gasteiger partial charge < -0.3 is 14.6 Å². The number of halogens is 1. The highest BCUT2D eigenvalue weighted by atomic mass is 35.5. The minimum Gasteiger partial charge on any atom is -0.493 e. The molecule has 0 bridgehead atoms. The highest BCUT2D eigenvalue weighted by molar-refractivity contribution is 6.12. The van der Waals surface area contributed by atoms with Crippen LogP contribution in [0.5, 0.6) is 5.75 Å². The maximum absolute atomic E-state index is 13.9. The molecule has 0 saturated heterocycles. The third-order valence-corrected chi connectivity index (χ3v) is 7.35. The number of aromatic nitrogens is 2. The number of hydrogen-bond acceptors (Lipinski definition) is 4. The molecule has 1 saturated carbocycles. The van der Waals surface area contributed by atoms with E-state index in [1.807, 2.05) is 30.3 Å². The zero-order valence-electron chi connectivity index (χ0n) is 21.3. The number of para-hydroxylation sites is 1. The summed E-state index contributed by atoms with van der Waals surface area (Å²) in [6.07, 6.45) is 4.15. The molecule has 1 aliphatic carbocycles. The Kier molecular flexibility index (Phi) is 7.73. The van der Waals surface area contributed by atoms with Crippen LogP contribution in [0.2, 0.25) is 0 Å². The summed E-state index contributed by atoms with van der Waals surface area (Å²) in [7, 11) is 3.26. The standard InChI is InChI=1S/C29H31N3O4.ClH/c1-18-10-9-13-20(16-18)30-28(34)26-27(36-3)24-25(31(26)2)21-14-7-8-15-22(21)32(29(24)35)17-23(33)19-11-5-4-6-12-19;/h4-8,11-12,14-15,18,20H,9-10,13,16-17H2,1-3H3,(H,30,34);1H. The number of Topliss-reactive ketones (excluding diaryl/α,β-unsaturated/α-hetero) is 1. The fourth-order valence-electron chi connectivity index (χ4n) is 5.61. The molecule has 1 amide bonds. The van der Waals surface area contributed by atoms with Crippen LogP contribution in [-0.4, -0.2) is 34.0 Å². The Labute approximate surface area is 221 Å². The Morgan fingerprint density at radius 2 is 1.76 bits per heavy atom. The molecule has 4 aromatic rings. The van der Waals surface area contributed by atoms with Gasteiger partial charge in [0.05, 0.1) is 24.7 Å². The molecule has 1 N–H and O–H groups in total. The second-order valence-corrected chi connectivity index (χ2v) is 9.80. The number of ether oxygens (including phenoxy) is 1. The number of ketones is 1. The fourth-order valence-corrected chi connectivity index (χ4v) is 5.61. The zero-order valence-corrected chi connectivity index (χ0v) is 22.1. The van der Waals surface area contributed by atoms with Gasteiger partial charge in [-0.1, -0.05) is 68.3 Å². The maximum Gasteiger partial charge on any atom is 0.272 e. The lowest BCUT2D eigenvalue weighted by Crippen LogP contribution is -2.38. The van der Waals surface area contributed by atoms with E-state index in [0.717, 1.165) is 24.6 Å². The van der Waals surface area contributed by atoms with Gasteiger partial charge in [0.25, 0.3) is 11.5 Å². The molecule has 2 unspecified atom stereocenters. The summed E-state index contributed by atoms with van der Waals surface area (Å²) >= 11 is 0. The van der Waals surface area contributed by atoms with Gasteiger partial charge in [0, 0.05) is 24.0 Å². The molecule has 2 aromatic heterocycles. The summed E-state index contributed by atoms with van der Waals surface area (Å²) in [4.78, 5) is 40.5. The Morgan fingerprint density at radius 3 is 2.46 bits per heavy atom. The molecule has 0 spiro atoms. The van der Waals surface area contributed by atoms with Crippen LogP contribution in [0.3, 0.4) is 0 Å². The molecule has 194 valence electrons. The van der Waals surface area contributed by atoms with Crippen LogP contribution in [0.25, 0.3) is 21.8 Å².